The summed E-state index contributed by atoms with van der Waals surface area (Å²) >= 11 is 6.13. The van der Waals surface area contributed by atoms with Crippen molar-refractivity contribution in [3.8, 4) is 0 Å². The molecular weight excluding hydrogens is 302 g/mol. The van der Waals surface area contributed by atoms with Gasteiger partial charge in [-0.15, -0.1) is 0 Å². The molecule has 3 rings (SSSR count). The Bertz CT molecular complexity index is 893. The Morgan fingerprint density at radius 3 is 2.09 bits per heavy atom. The fourth-order valence-electron chi connectivity index (χ4n) is 2.30. The van der Waals surface area contributed by atoms with Crippen molar-refractivity contribution in [1.29, 1.82) is 0 Å². The van der Waals surface area contributed by atoms with Crippen molar-refractivity contribution in [2.75, 3.05) is 0 Å². The number of hydrogen-bond donors (Lipinski definition) is 1. The first-order valence-corrected chi connectivity index (χ1v) is 7.20. The van der Waals surface area contributed by atoms with Gasteiger partial charge in [-0.1, -0.05) is 60.1 Å². The third-order valence-corrected chi connectivity index (χ3v) is 3.80. The van der Waals surface area contributed by atoms with Gasteiger partial charge in [-0.3, -0.25) is 4.98 Å². The molecule has 1 N–H and O–H groups in total. The number of nitrogens with zero attached hydrogens (tertiary/aromatic N) is 2. The number of aromatic nitrogens is 3. The summed E-state index contributed by atoms with van der Waals surface area (Å²) in [5, 5.41) is 0.564. The largest absolute Gasteiger partial charge is 0.344 e. The van der Waals surface area contributed by atoms with Crippen molar-refractivity contribution in [1.82, 2.24) is 14.3 Å². The fraction of sp³-hybridized carbons (Fsp3) is 0.125. The highest BCUT2D eigenvalue weighted by Gasteiger charge is 2.11. The van der Waals surface area contributed by atoms with Crippen molar-refractivity contribution in [2.45, 2.75) is 13.1 Å². The molecule has 22 heavy (non-hydrogen) atoms. The van der Waals surface area contributed by atoms with Gasteiger partial charge in [0.1, 0.15) is 0 Å². The van der Waals surface area contributed by atoms with Crippen LogP contribution in [0.1, 0.15) is 11.1 Å². The minimum absolute atomic E-state index is 0.240. The molecule has 0 aliphatic carbocycles. The van der Waals surface area contributed by atoms with E-state index in [2.05, 4.69) is 4.98 Å². The van der Waals surface area contributed by atoms with E-state index in [4.69, 9.17) is 11.6 Å². The lowest BCUT2D eigenvalue weighted by Gasteiger charge is -2.11. The summed E-state index contributed by atoms with van der Waals surface area (Å²) < 4.78 is 2.76. The summed E-state index contributed by atoms with van der Waals surface area (Å²) in [6.45, 7) is 0.562. The van der Waals surface area contributed by atoms with Crippen molar-refractivity contribution in [2.24, 2.45) is 0 Å². The summed E-state index contributed by atoms with van der Waals surface area (Å²) in [5.41, 5.74) is 0.852. The van der Waals surface area contributed by atoms with Gasteiger partial charge >= 0.3 is 11.4 Å². The maximum absolute atomic E-state index is 12.0. The Morgan fingerprint density at radius 1 is 0.818 bits per heavy atom. The Morgan fingerprint density at radius 2 is 1.41 bits per heavy atom. The predicted molar refractivity (Wildman–Crippen MR) is 85.4 cm³/mol. The average molecular weight is 316 g/mol. The van der Waals surface area contributed by atoms with Crippen molar-refractivity contribution in [3.63, 3.8) is 0 Å². The van der Waals surface area contributed by atoms with Gasteiger partial charge in [-0.2, -0.15) is 0 Å². The van der Waals surface area contributed by atoms with Gasteiger partial charge in [-0.25, -0.2) is 19.0 Å². The highest BCUT2D eigenvalue weighted by Crippen LogP contribution is 2.15. The number of hydrogen-bond acceptors (Lipinski definition) is 2. The first-order valence-electron chi connectivity index (χ1n) is 6.82. The highest BCUT2D eigenvalue weighted by molar-refractivity contribution is 6.31. The molecule has 0 aliphatic heterocycles. The molecule has 1 aromatic heterocycles. The van der Waals surface area contributed by atoms with Crippen LogP contribution in [0.5, 0.6) is 0 Å². The van der Waals surface area contributed by atoms with Gasteiger partial charge in [0.2, 0.25) is 0 Å². The average Bonchev–Trinajstić information content (AvgIpc) is 2.77. The van der Waals surface area contributed by atoms with E-state index in [0.717, 1.165) is 11.1 Å². The second-order valence-corrected chi connectivity index (χ2v) is 5.33. The van der Waals surface area contributed by atoms with E-state index in [1.807, 2.05) is 48.5 Å². The first kappa shape index (κ1) is 14.4. The van der Waals surface area contributed by atoms with Gasteiger partial charge < -0.3 is 0 Å². The Kier molecular flexibility index (Phi) is 3.98. The number of rotatable bonds is 4. The molecule has 0 radical (unpaired) electrons. The highest BCUT2D eigenvalue weighted by atomic mass is 35.5. The van der Waals surface area contributed by atoms with Crippen molar-refractivity contribution in [3.05, 3.63) is 91.7 Å². The topological polar surface area (TPSA) is 59.8 Å². The predicted octanol–water partition coefficient (Wildman–Crippen LogP) is 2.09. The number of halogens is 1. The summed E-state index contributed by atoms with van der Waals surface area (Å²) in [4.78, 5) is 26.3. The number of aromatic amines is 1. The standard InChI is InChI=1S/C16H14ClN3O2/c17-14-9-5-4-8-13(14)11-20-16(22)18-15(21)19(20)10-12-6-2-1-3-7-12/h1-9H,10-11H2,(H,18,21,22). The fourth-order valence-corrected chi connectivity index (χ4v) is 2.49. The molecule has 5 nitrogen and oxygen atoms in total. The van der Waals surface area contributed by atoms with Gasteiger partial charge in [0.25, 0.3) is 0 Å². The van der Waals surface area contributed by atoms with E-state index in [1.165, 1.54) is 9.36 Å². The maximum atomic E-state index is 12.0. The SMILES string of the molecule is O=c1[nH]c(=O)n(Cc2ccccc2Cl)n1Cc1ccccc1. The molecule has 0 atom stereocenters. The molecule has 0 unspecified atom stereocenters. The summed E-state index contributed by atoms with van der Waals surface area (Å²) in [7, 11) is 0. The Balaban J connectivity index is 2.00. The molecule has 3 aromatic rings. The Labute approximate surface area is 131 Å². The summed E-state index contributed by atoms with van der Waals surface area (Å²) in [5.74, 6) is 0. The number of H-pyrrole nitrogens is 1. The van der Waals surface area contributed by atoms with Gasteiger partial charge in [0.05, 0.1) is 13.1 Å². The Hall–Kier alpha value is -2.53. The quantitative estimate of drug-likeness (QED) is 0.801. The van der Waals surface area contributed by atoms with Crippen molar-refractivity contribution < 1.29 is 0 Å². The molecular formula is C16H14ClN3O2. The van der Waals surface area contributed by atoms with Gasteiger partial charge in [0.15, 0.2) is 0 Å². The molecule has 2 aromatic carbocycles. The van der Waals surface area contributed by atoms with Crippen LogP contribution in [-0.4, -0.2) is 14.3 Å². The lowest BCUT2D eigenvalue weighted by Crippen LogP contribution is -2.28. The van der Waals surface area contributed by atoms with E-state index in [1.54, 1.807) is 6.07 Å². The van der Waals surface area contributed by atoms with E-state index in [0.29, 0.717) is 11.6 Å². The summed E-state index contributed by atoms with van der Waals surface area (Å²) in [6.07, 6.45) is 0. The van der Waals surface area contributed by atoms with E-state index in [-0.39, 0.29) is 6.54 Å². The molecule has 0 spiro atoms. The van der Waals surface area contributed by atoms with Crippen molar-refractivity contribution >= 4 is 11.6 Å². The number of nitrogens with one attached hydrogen (secondary N) is 1. The van der Waals surface area contributed by atoms with Gasteiger partial charge in [0, 0.05) is 5.02 Å². The second-order valence-electron chi connectivity index (χ2n) is 4.93. The molecule has 0 saturated heterocycles. The molecule has 0 fully saturated rings. The van der Waals surface area contributed by atoms with Crippen LogP contribution in [0.15, 0.2) is 64.2 Å². The normalized spacial score (nSPS) is 10.8. The maximum Gasteiger partial charge on any atom is 0.344 e. The lowest BCUT2D eigenvalue weighted by molar-refractivity contribution is 0.490. The molecule has 0 amide bonds. The monoisotopic (exact) mass is 315 g/mol. The molecule has 0 aliphatic rings. The zero-order valence-electron chi connectivity index (χ0n) is 11.7. The summed E-state index contributed by atoms with van der Waals surface area (Å²) in [6, 6.07) is 16.8. The molecule has 1 heterocycles. The molecule has 112 valence electrons. The van der Waals surface area contributed by atoms with Crippen LogP contribution in [0.2, 0.25) is 5.02 Å². The van der Waals surface area contributed by atoms with Crippen LogP contribution in [0.3, 0.4) is 0 Å². The second kappa shape index (κ2) is 6.07. The smallest absolute Gasteiger partial charge is 0.257 e. The van der Waals surface area contributed by atoms with Crippen LogP contribution in [0.4, 0.5) is 0 Å². The number of benzene rings is 2. The van der Waals surface area contributed by atoms with E-state index < -0.39 is 11.4 Å². The minimum Gasteiger partial charge on any atom is -0.257 e. The van der Waals surface area contributed by atoms with E-state index >= 15 is 0 Å². The molecule has 0 bridgehead atoms. The minimum atomic E-state index is -0.444. The van der Waals surface area contributed by atoms with Crippen LogP contribution >= 0.6 is 11.6 Å². The first-order chi connectivity index (χ1) is 10.6. The van der Waals surface area contributed by atoms with E-state index in [9.17, 15) is 9.59 Å². The van der Waals surface area contributed by atoms with Gasteiger partial charge in [-0.05, 0) is 17.2 Å². The van der Waals surface area contributed by atoms with Crippen LogP contribution < -0.4 is 11.4 Å². The third-order valence-electron chi connectivity index (χ3n) is 3.43. The lowest BCUT2D eigenvalue weighted by atomic mass is 10.2. The molecule has 0 saturated carbocycles. The molecule has 6 heteroatoms. The zero-order valence-corrected chi connectivity index (χ0v) is 12.5. The zero-order chi connectivity index (χ0) is 15.5. The van der Waals surface area contributed by atoms with Crippen LogP contribution in [0.25, 0.3) is 0 Å². The van der Waals surface area contributed by atoms with Crippen LogP contribution in [-0.2, 0) is 13.1 Å². The van der Waals surface area contributed by atoms with Crippen LogP contribution in [0, 0.1) is 0 Å². The third kappa shape index (κ3) is 2.89.